The highest BCUT2D eigenvalue weighted by atomic mass is 19.2. The van der Waals surface area contributed by atoms with Gasteiger partial charge in [0.05, 0.1) is 24.3 Å². The molecule has 0 aliphatic rings. The third kappa shape index (κ3) is 2.63. The van der Waals surface area contributed by atoms with Gasteiger partial charge in [0.25, 0.3) is 0 Å². The second-order valence-corrected chi connectivity index (χ2v) is 3.49. The Morgan fingerprint density at radius 3 is 1.94 bits per heavy atom. The van der Waals surface area contributed by atoms with Crippen LogP contribution in [0.15, 0.2) is 0 Å². The summed E-state index contributed by atoms with van der Waals surface area (Å²) in [6.07, 6.45) is 4.22. The molecule has 0 radical (unpaired) electrons. The Morgan fingerprint density at radius 2 is 1.56 bits per heavy atom. The lowest BCUT2D eigenvalue weighted by atomic mass is 10.1. The molecule has 1 rings (SSSR count). The van der Waals surface area contributed by atoms with Crippen LogP contribution >= 0.6 is 0 Å². The van der Waals surface area contributed by atoms with E-state index in [0.717, 1.165) is 0 Å². The van der Waals surface area contributed by atoms with Crippen LogP contribution < -0.4 is 0 Å². The number of ether oxygens (including phenoxy) is 1. The maximum atomic E-state index is 13.4. The van der Waals surface area contributed by atoms with Crippen molar-refractivity contribution in [2.75, 3.05) is 0 Å². The largest absolute Gasteiger partial charge is 0.391 e. The molecule has 0 aromatic heterocycles. The molecule has 0 saturated carbocycles. The summed E-state index contributed by atoms with van der Waals surface area (Å²) in [5, 5.41) is 8.62. The van der Waals surface area contributed by atoms with Crippen LogP contribution in [0.3, 0.4) is 0 Å². The van der Waals surface area contributed by atoms with Crippen molar-refractivity contribution in [3.63, 3.8) is 0 Å². The Bertz CT molecular complexity index is 465. The summed E-state index contributed by atoms with van der Waals surface area (Å²) in [4.78, 5) is 0. The molecule has 98 valence electrons. The number of hydrogen-bond donors (Lipinski definition) is 1. The number of terminal acetylenes is 1. The van der Waals surface area contributed by atoms with Crippen LogP contribution in [0.2, 0.25) is 0 Å². The first-order chi connectivity index (χ1) is 8.43. The molecule has 18 heavy (non-hydrogen) atoms. The standard InChI is InChI=1S/C12H10F4O2/c1-3-6(2)18-5-8-11(15)9(13)7(4-17)10(14)12(8)16/h1,6,17H,4-5H2,2H3. The zero-order valence-electron chi connectivity index (χ0n) is 9.44. The van der Waals surface area contributed by atoms with E-state index in [9.17, 15) is 17.6 Å². The molecule has 1 aromatic carbocycles. The van der Waals surface area contributed by atoms with Crippen LogP contribution in [0.5, 0.6) is 0 Å². The quantitative estimate of drug-likeness (QED) is 0.512. The summed E-state index contributed by atoms with van der Waals surface area (Å²) in [5.74, 6) is -4.33. The first-order valence-corrected chi connectivity index (χ1v) is 4.96. The van der Waals surface area contributed by atoms with Crippen molar-refractivity contribution in [3.8, 4) is 12.3 Å². The molecule has 0 spiro atoms. The van der Waals surface area contributed by atoms with E-state index >= 15 is 0 Å². The van der Waals surface area contributed by atoms with Gasteiger partial charge in [0.2, 0.25) is 0 Å². The first-order valence-electron chi connectivity index (χ1n) is 4.96. The van der Waals surface area contributed by atoms with Gasteiger partial charge < -0.3 is 9.84 Å². The highest BCUT2D eigenvalue weighted by Gasteiger charge is 2.25. The van der Waals surface area contributed by atoms with Gasteiger partial charge in [-0.3, -0.25) is 0 Å². The van der Waals surface area contributed by atoms with Crippen LogP contribution in [0, 0.1) is 35.6 Å². The van der Waals surface area contributed by atoms with Gasteiger partial charge >= 0.3 is 0 Å². The van der Waals surface area contributed by atoms with Gasteiger partial charge in [-0.25, -0.2) is 17.6 Å². The average Bonchev–Trinajstić information content (AvgIpc) is 2.36. The Balaban J connectivity index is 3.18. The third-order valence-electron chi connectivity index (χ3n) is 2.32. The SMILES string of the molecule is C#CC(C)OCc1c(F)c(F)c(CO)c(F)c1F. The predicted octanol–water partition coefficient (Wildman–Crippen LogP) is 2.27. The summed E-state index contributed by atoms with van der Waals surface area (Å²) in [7, 11) is 0. The molecule has 6 heteroatoms. The van der Waals surface area contributed by atoms with Crippen LogP contribution in [0.4, 0.5) is 17.6 Å². The highest BCUT2D eigenvalue weighted by molar-refractivity contribution is 5.29. The lowest BCUT2D eigenvalue weighted by Crippen LogP contribution is -2.12. The maximum Gasteiger partial charge on any atom is 0.167 e. The lowest BCUT2D eigenvalue weighted by Gasteiger charge is -2.12. The summed E-state index contributed by atoms with van der Waals surface area (Å²) >= 11 is 0. The van der Waals surface area contributed by atoms with Crippen molar-refractivity contribution >= 4 is 0 Å². The molecule has 0 bridgehead atoms. The van der Waals surface area contributed by atoms with Gasteiger partial charge in [-0.2, -0.15) is 0 Å². The summed E-state index contributed by atoms with van der Waals surface area (Å²) in [5.41, 5.74) is -1.96. The molecule has 0 heterocycles. The fourth-order valence-electron chi connectivity index (χ4n) is 1.24. The number of aliphatic hydroxyl groups excluding tert-OH is 1. The summed E-state index contributed by atoms with van der Waals surface area (Å²) < 4.78 is 58.2. The van der Waals surface area contributed by atoms with E-state index in [4.69, 9.17) is 16.3 Å². The smallest absolute Gasteiger partial charge is 0.167 e. The fourth-order valence-corrected chi connectivity index (χ4v) is 1.24. The molecule has 1 aromatic rings. The number of halogens is 4. The zero-order valence-corrected chi connectivity index (χ0v) is 9.44. The Labute approximate surface area is 101 Å². The minimum atomic E-state index is -1.64. The van der Waals surface area contributed by atoms with Crippen LogP contribution in [0.1, 0.15) is 18.1 Å². The van der Waals surface area contributed by atoms with E-state index in [2.05, 4.69) is 5.92 Å². The van der Waals surface area contributed by atoms with Crippen LogP contribution in [-0.4, -0.2) is 11.2 Å². The monoisotopic (exact) mass is 262 g/mol. The van der Waals surface area contributed by atoms with E-state index in [1.807, 2.05) is 0 Å². The van der Waals surface area contributed by atoms with Gasteiger partial charge in [0, 0.05) is 0 Å². The van der Waals surface area contributed by atoms with E-state index < -0.39 is 53.7 Å². The van der Waals surface area contributed by atoms with Crippen molar-refractivity contribution in [2.45, 2.75) is 26.2 Å². The first kappa shape index (κ1) is 14.5. The topological polar surface area (TPSA) is 29.5 Å². The molecule has 0 amide bonds. The van der Waals surface area contributed by atoms with Gasteiger partial charge in [-0.05, 0) is 6.92 Å². The summed E-state index contributed by atoms with van der Waals surface area (Å²) in [6, 6.07) is 0. The molecule has 2 nitrogen and oxygen atoms in total. The van der Waals surface area contributed by atoms with Crippen molar-refractivity contribution in [3.05, 3.63) is 34.4 Å². The minimum Gasteiger partial charge on any atom is -0.391 e. The van der Waals surface area contributed by atoms with Gasteiger partial charge in [0.1, 0.15) is 6.10 Å². The normalized spacial score (nSPS) is 12.3. The number of hydrogen-bond acceptors (Lipinski definition) is 2. The van der Waals surface area contributed by atoms with Crippen LogP contribution in [-0.2, 0) is 18.0 Å². The molecule has 1 N–H and O–H groups in total. The van der Waals surface area contributed by atoms with Gasteiger partial charge in [-0.15, -0.1) is 6.42 Å². The maximum absolute atomic E-state index is 13.4. The Hall–Kier alpha value is -1.58. The molecule has 0 saturated heterocycles. The fraction of sp³-hybridized carbons (Fsp3) is 0.333. The molecule has 0 aliphatic heterocycles. The zero-order chi connectivity index (χ0) is 13.9. The van der Waals surface area contributed by atoms with E-state index in [1.54, 1.807) is 0 Å². The number of benzene rings is 1. The van der Waals surface area contributed by atoms with Gasteiger partial charge in [-0.1, -0.05) is 5.92 Å². The van der Waals surface area contributed by atoms with Crippen molar-refractivity contribution < 1.29 is 27.4 Å². The van der Waals surface area contributed by atoms with Gasteiger partial charge in [0.15, 0.2) is 23.3 Å². The molecular formula is C12H10F4O2. The summed E-state index contributed by atoms with van der Waals surface area (Å²) in [6.45, 7) is -0.416. The lowest BCUT2D eigenvalue weighted by molar-refractivity contribution is 0.0845. The number of rotatable bonds is 4. The highest BCUT2D eigenvalue weighted by Crippen LogP contribution is 2.25. The molecule has 0 aliphatic carbocycles. The number of aliphatic hydroxyl groups is 1. The second-order valence-electron chi connectivity index (χ2n) is 3.49. The second kappa shape index (κ2) is 5.85. The molecule has 1 atom stereocenters. The van der Waals surface area contributed by atoms with Crippen molar-refractivity contribution in [1.29, 1.82) is 0 Å². The van der Waals surface area contributed by atoms with E-state index in [0.29, 0.717) is 0 Å². The van der Waals surface area contributed by atoms with Crippen molar-refractivity contribution in [2.24, 2.45) is 0 Å². The minimum absolute atomic E-state index is 0.706. The van der Waals surface area contributed by atoms with E-state index in [-0.39, 0.29) is 0 Å². The Kier molecular flexibility index (Phi) is 4.70. The average molecular weight is 262 g/mol. The molecule has 1 unspecified atom stereocenters. The van der Waals surface area contributed by atoms with Crippen LogP contribution in [0.25, 0.3) is 0 Å². The van der Waals surface area contributed by atoms with Crippen molar-refractivity contribution in [1.82, 2.24) is 0 Å². The Morgan fingerprint density at radius 1 is 1.11 bits per heavy atom. The molecular weight excluding hydrogens is 252 g/mol. The van der Waals surface area contributed by atoms with E-state index in [1.165, 1.54) is 6.92 Å². The molecule has 0 fully saturated rings. The third-order valence-corrected chi connectivity index (χ3v) is 2.32. The predicted molar refractivity (Wildman–Crippen MR) is 55.3 cm³/mol.